The topological polar surface area (TPSA) is 145 Å². The highest BCUT2D eigenvalue weighted by molar-refractivity contribution is 7.89. The fraction of sp³-hybridized carbons (Fsp3) is 0.105. The first-order valence-corrected chi connectivity index (χ1v) is 10.5. The van der Waals surface area contributed by atoms with Crippen molar-refractivity contribution in [3.63, 3.8) is 0 Å². The molecular formula is C19H13ClF3N5O3S. The van der Waals surface area contributed by atoms with Gasteiger partial charge in [-0.05, 0) is 23.3 Å². The molecule has 0 aliphatic heterocycles. The molecule has 0 saturated carbocycles. The molecule has 3 rings (SSSR count). The highest BCUT2D eigenvalue weighted by Crippen LogP contribution is 2.44. The van der Waals surface area contributed by atoms with Crippen molar-refractivity contribution in [3.05, 3.63) is 76.1 Å². The second kappa shape index (κ2) is 8.27. The first-order chi connectivity index (χ1) is 14.9. The largest absolute Gasteiger partial charge is 0.418 e. The summed E-state index contributed by atoms with van der Waals surface area (Å²) in [5.41, 5.74) is 2.33. The molecule has 0 spiro atoms. The Balaban J connectivity index is 2.47. The lowest BCUT2D eigenvalue weighted by Gasteiger charge is -2.24. The van der Waals surface area contributed by atoms with E-state index in [0.29, 0.717) is 0 Å². The number of primary sulfonamides is 1. The van der Waals surface area contributed by atoms with Gasteiger partial charge in [0, 0.05) is 11.2 Å². The maximum Gasteiger partial charge on any atom is 0.418 e. The molecule has 0 aliphatic rings. The molecule has 1 unspecified atom stereocenters. The third-order valence-electron chi connectivity index (χ3n) is 4.51. The van der Waals surface area contributed by atoms with E-state index in [9.17, 15) is 26.4 Å². The number of rotatable bonds is 5. The van der Waals surface area contributed by atoms with Gasteiger partial charge in [-0.1, -0.05) is 35.9 Å². The molecule has 3 aromatic rings. The molecule has 13 heteroatoms. The number of amides is 1. The molecule has 1 atom stereocenters. The molecule has 1 aromatic heterocycles. The Morgan fingerprint density at radius 3 is 2.34 bits per heavy atom. The van der Waals surface area contributed by atoms with Crippen molar-refractivity contribution < 1.29 is 26.4 Å². The van der Waals surface area contributed by atoms with Crippen LogP contribution in [0.4, 0.5) is 13.2 Å². The number of sulfonamides is 1. The molecular weight excluding hydrogens is 471 g/mol. The Labute approximate surface area is 184 Å². The van der Waals surface area contributed by atoms with Gasteiger partial charge in [-0.15, -0.1) is 0 Å². The lowest BCUT2D eigenvalue weighted by molar-refractivity contribution is -0.140. The molecule has 2 aromatic carbocycles. The van der Waals surface area contributed by atoms with Crippen molar-refractivity contribution in [2.45, 2.75) is 17.0 Å². The van der Waals surface area contributed by atoms with Crippen LogP contribution in [0.25, 0.3) is 5.69 Å². The summed E-state index contributed by atoms with van der Waals surface area (Å²) in [6, 6.07) is 9.21. The van der Waals surface area contributed by atoms with E-state index < -0.39 is 49.7 Å². The predicted octanol–water partition coefficient (Wildman–Crippen LogP) is 2.68. The number of aromatic nitrogens is 2. The monoisotopic (exact) mass is 483 g/mol. The number of nitrogens with two attached hydrogens (primary N) is 2. The van der Waals surface area contributed by atoms with E-state index in [1.807, 2.05) is 0 Å². The number of primary amides is 1. The van der Waals surface area contributed by atoms with Crippen molar-refractivity contribution in [3.8, 4) is 11.8 Å². The van der Waals surface area contributed by atoms with E-state index >= 15 is 0 Å². The van der Waals surface area contributed by atoms with Crippen LogP contribution in [0.1, 0.15) is 28.2 Å². The summed E-state index contributed by atoms with van der Waals surface area (Å²) in [7, 11) is -5.02. The average Bonchev–Trinajstić information content (AvgIpc) is 3.16. The average molecular weight is 484 g/mol. The SMILES string of the molecule is N#Cc1cnn(-c2ccc(C(C(N)=O)c3ccccc3Cl)c(C(F)(F)F)c2S(N)(=O)=O)c1. The van der Waals surface area contributed by atoms with E-state index in [2.05, 4.69) is 5.10 Å². The van der Waals surface area contributed by atoms with Crippen LogP contribution in [0.15, 0.2) is 53.7 Å². The lowest BCUT2D eigenvalue weighted by Crippen LogP contribution is -2.29. The van der Waals surface area contributed by atoms with Crippen LogP contribution in [0, 0.1) is 11.3 Å². The minimum atomic E-state index is -5.27. The van der Waals surface area contributed by atoms with Crippen molar-refractivity contribution in [1.29, 1.82) is 5.26 Å². The molecule has 0 bridgehead atoms. The zero-order chi connectivity index (χ0) is 23.8. The highest BCUT2D eigenvalue weighted by atomic mass is 35.5. The quantitative estimate of drug-likeness (QED) is 0.573. The number of alkyl halides is 3. The summed E-state index contributed by atoms with van der Waals surface area (Å²) in [4.78, 5) is 10.9. The van der Waals surface area contributed by atoms with Gasteiger partial charge < -0.3 is 5.73 Å². The standard InChI is InChI=1S/C19H13ClF3N5O3S/c20-13-4-2-1-3-11(13)15(18(25)29)12-5-6-14(28-9-10(7-24)8-27-28)17(32(26,30)31)16(12)19(21,22)23/h1-6,8-9,15H,(H2,25,29)(H2,26,30,31). The Morgan fingerprint density at radius 1 is 1.19 bits per heavy atom. The number of hydrogen-bond donors (Lipinski definition) is 2. The summed E-state index contributed by atoms with van der Waals surface area (Å²) in [6.07, 6.45) is -3.21. The number of nitriles is 1. The van der Waals surface area contributed by atoms with Crippen LogP contribution >= 0.6 is 11.6 Å². The molecule has 4 N–H and O–H groups in total. The fourth-order valence-corrected chi connectivity index (χ4v) is 4.50. The zero-order valence-corrected chi connectivity index (χ0v) is 17.4. The Hall–Kier alpha value is -3.40. The third-order valence-corrected chi connectivity index (χ3v) is 5.83. The summed E-state index contributed by atoms with van der Waals surface area (Å²) in [5, 5.41) is 17.8. The molecule has 8 nitrogen and oxygen atoms in total. The lowest BCUT2D eigenvalue weighted by atomic mass is 9.87. The molecule has 0 saturated heterocycles. The zero-order valence-electron chi connectivity index (χ0n) is 15.8. The number of benzene rings is 2. The molecule has 166 valence electrons. The maximum absolute atomic E-state index is 14.3. The Bertz CT molecular complexity index is 1360. The van der Waals surface area contributed by atoms with Gasteiger partial charge in [0.05, 0.1) is 28.9 Å². The van der Waals surface area contributed by atoms with Gasteiger partial charge in [-0.3, -0.25) is 4.79 Å². The van der Waals surface area contributed by atoms with Crippen LogP contribution < -0.4 is 10.9 Å². The van der Waals surface area contributed by atoms with Gasteiger partial charge in [-0.25, -0.2) is 18.2 Å². The van der Waals surface area contributed by atoms with E-state index in [1.165, 1.54) is 24.3 Å². The van der Waals surface area contributed by atoms with Crippen LogP contribution in [-0.4, -0.2) is 24.1 Å². The normalized spacial score (nSPS) is 12.9. The number of hydrogen-bond acceptors (Lipinski definition) is 5. The molecule has 32 heavy (non-hydrogen) atoms. The van der Waals surface area contributed by atoms with Crippen LogP contribution in [0.5, 0.6) is 0 Å². The summed E-state index contributed by atoms with van der Waals surface area (Å²) in [6.45, 7) is 0. The van der Waals surface area contributed by atoms with Crippen molar-refractivity contribution >= 4 is 27.5 Å². The van der Waals surface area contributed by atoms with Crippen molar-refractivity contribution in [2.75, 3.05) is 0 Å². The summed E-state index contributed by atoms with van der Waals surface area (Å²) < 4.78 is 68.2. The minimum Gasteiger partial charge on any atom is -0.369 e. The second-order valence-electron chi connectivity index (χ2n) is 6.56. The van der Waals surface area contributed by atoms with E-state index in [1.54, 1.807) is 6.07 Å². The van der Waals surface area contributed by atoms with Crippen LogP contribution in [0.2, 0.25) is 5.02 Å². The van der Waals surface area contributed by atoms with Gasteiger partial charge in [0.1, 0.15) is 11.0 Å². The van der Waals surface area contributed by atoms with E-state index in [0.717, 1.165) is 29.2 Å². The maximum atomic E-state index is 14.3. The van der Waals surface area contributed by atoms with Crippen molar-refractivity contribution in [2.24, 2.45) is 10.9 Å². The van der Waals surface area contributed by atoms with Gasteiger partial charge >= 0.3 is 6.18 Å². The number of nitrogens with zero attached hydrogens (tertiary/aromatic N) is 3. The van der Waals surface area contributed by atoms with Crippen molar-refractivity contribution in [1.82, 2.24) is 9.78 Å². The number of carbonyl (C=O) groups excluding carboxylic acids is 1. The van der Waals surface area contributed by atoms with Crippen LogP contribution in [-0.2, 0) is 21.0 Å². The second-order valence-corrected chi connectivity index (χ2v) is 8.47. The van der Waals surface area contributed by atoms with Gasteiger partial charge in [0.15, 0.2) is 0 Å². The highest BCUT2D eigenvalue weighted by Gasteiger charge is 2.44. The fourth-order valence-electron chi connectivity index (χ4n) is 3.28. The predicted molar refractivity (Wildman–Crippen MR) is 107 cm³/mol. The van der Waals surface area contributed by atoms with E-state index in [-0.39, 0.29) is 16.1 Å². The molecule has 1 heterocycles. The number of carbonyl (C=O) groups is 1. The molecule has 0 fully saturated rings. The van der Waals surface area contributed by atoms with Gasteiger partial charge in [0.2, 0.25) is 15.9 Å². The third kappa shape index (κ3) is 4.31. The number of halogens is 4. The van der Waals surface area contributed by atoms with Gasteiger partial charge in [0.25, 0.3) is 0 Å². The molecule has 1 amide bonds. The Morgan fingerprint density at radius 2 is 1.84 bits per heavy atom. The minimum absolute atomic E-state index is 0.0333. The van der Waals surface area contributed by atoms with E-state index in [4.69, 9.17) is 27.7 Å². The molecule has 0 aliphatic carbocycles. The van der Waals surface area contributed by atoms with Crippen LogP contribution in [0.3, 0.4) is 0 Å². The summed E-state index contributed by atoms with van der Waals surface area (Å²) in [5.74, 6) is -2.93. The molecule has 0 radical (unpaired) electrons. The first kappa shape index (κ1) is 23.3. The van der Waals surface area contributed by atoms with Gasteiger partial charge in [-0.2, -0.15) is 23.5 Å². The smallest absolute Gasteiger partial charge is 0.369 e. The summed E-state index contributed by atoms with van der Waals surface area (Å²) >= 11 is 6.08. The Kier molecular flexibility index (Phi) is 6.01. The first-order valence-electron chi connectivity index (χ1n) is 8.62.